The molecule has 1 saturated carbocycles. The topological polar surface area (TPSA) is 143 Å². The summed E-state index contributed by atoms with van der Waals surface area (Å²) < 4.78 is 14.7. The van der Waals surface area contributed by atoms with Crippen LogP contribution >= 0.6 is 11.3 Å². The van der Waals surface area contributed by atoms with E-state index in [0.29, 0.717) is 25.8 Å². The molecule has 6 atom stereocenters. The molecule has 6 bridgehead atoms. The fourth-order valence-corrected chi connectivity index (χ4v) is 10.7. The van der Waals surface area contributed by atoms with Crippen molar-refractivity contribution in [2.75, 3.05) is 51.3 Å². The van der Waals surface area contributed by atoms with E-state index in [1.807, 2.05) is 6.20 Å². The monoisotopic (exact) mass is 822 g/mol. The van der Waals surface area contributed by atoms with Gasteiger partial charge in [0.05, 0.1) is 52.2 Å². The summed E-state index contributed by atoms with van der Waals surface area (Å²) in [5, 5.41) is 12.1. The normalized spacial score (nSPS) is 26.3. The first kappa shape index (κ1) is 40.1. The molecule has 314 valence electrons. The first-order valence-electron chi connectivity index (χ1n) is 21.6. The van der Waals surface area contributed by atoms with Gasteiger partial charge in [-0.1, -0.05) is 27.7 Å². The number of carbonyl (C=O) groups is 3. The molecule has 59 heavy (non-hydrogen) atoms. The van der Waals surface area contributed by atoms with Crippen molar-refractivity contribution < 1.29 is 23.9 Å². The fourth-order valence-electron chi connectivity index (χ4n) is 9.83. The maximum Gasteiger partial charge on any atom is 0.324 e. The number of methoxy groups -OCH3 is 1. The summed E-state index contributed by atoms with van der Waals surface area (Å²) in [7, 11) is 1.74. The van der Waals surface area contributed by atoms with E-state index in [4.69, 9.17) is 19.4 Å². The van der Waals surface area contributed by atoms with Crippen LogP contribution in [0, 0.1) is 23.2 Å². The zero-order chi connectivity index (χ0) is 41.2. The number of ether oxygens (including phenoxy) is 2. The van der Waals surface area contributed by atoms with Crippen LogP contribution in [0.3, 0.4) is 0 Å². The Morgan fingerprint density at radius 3 is 2.64 bits per heavy atom. The Hall–Kier alpha value is -4.37. The number of piperazine rings is 1. The summed E-state index contributed by atoms with van der Waals surface area (Å²) in [5.41, 5.74) is 12.5. The van der Waals surface area contributed by atoms with E-state index in [0.717, 1.165) is 84.5 Å². The summed E-state index contributed by atoms with van der Waals surface area (Å²) in [5.74, 6) is -0.329. The minimum atomic E-state index is -0.831. The third kappa shape index (κ3) is 7.66. The first-order valence-corrected chi connectivity index (χ1v) is 22.4. The van der Waals surface area contributed by atoms with E-state index in [1.165, 1.54) is 38.4 Å². The highest BCUT2D eigenvalue weighted by molar-refractivity contribution is 7.10. The Labute approximate surface area is 350 Å². The smallest absolute Gasteiger partial charge is 0.324 e. The van der Waals surface area contributed by atoms with Crippen molar-refractivity contribution in [2.24, 2.45) is 23.2 Å². The number of benzene rings is 1. The minimum Gasteiger partial charge on any atom is -0.464 e. The Balaban J connectivity index is 1.19. The highest BCUT2D eigenvalue weighted by Gasteiger charge is 2.49. The van der Waals surface area contributed by atoms with Crippen LogP contribution in [0.1, 0.15) is 81.8 Å². The number of hydrogen-bond acceptors (Lipinski definition) is 11. The molecule has 4 aromatic rings. The molecular weight excluding hydrogens is 765 g/mol. The number of anilines is 1. The van der Waals surface area contributed by atoms with Crippen LogP contribution in [0.5, 0.6) is 0 Å². The number of hydrazine groups is 1. The number of thiazole rings is 1. The minimum absolute atomic E-state index is 0.105. The van der Waals surface area contributed by atoms with Gasteiger partial charge >= 0.3 is 5.97 Å². The summed E-state index contributed by atoms with van der Waals surface area (Å²) in [6, 6.07) is 5.39. The quantitative estimate of drug-likeness (QED) is 0.215. The predicted molar refractivity (Wildman–Crippen MR) is 229 cm³/mol. The van der Waals surface area contributed by atoms with Gasteiger partial charge in [-0.2, -0.15) is 0 Å². The van der Waals surface area contributed by atoms with Gasteiger partial charge in [-0.15, -0.1) is 11.3 Å². The molecule has 3 aromatic heterocycles. The van der Waals surface area contributed by atoms with E-state index >= 15 is 0 Å². The van der Waals surface area contributed by atoms with Crippen molar-refractivity contribution in [1.29, 1.82) is 0 Å². The number of amides is 2. The molecule has 2 amide bonds. The van der Waals surface area contributed by atoms with Crippen LogP contribution in [0.4, 0.5) is 5.69 Å². The second-order valence-corrected chi connectivity index (χ2v) is 19.2. The van der Waals surface area contributed by atoms with Gasteiger partial charge in [0.25, 0.3) is 5.91 Å². The van der Waals surface area contributed by atoms with Crippen LogP contribution in [-0.2, 0) is 49.7 Å². The average molecular weight is 823 g/mol. The Morgan fingerprint density at radius 1 is 1.08 bits per heavy atom. The van der Waals surface area contributed by atoms with E-state index in [9.17, 15) is 14.4 Å². The lowest BCUT2D eigenvalue weighted by Crippen LogP contribution is -2.60. The second-order valence-electron chi connectivity index (χ2n) is 18.3. The molecule has 0 radical (unpaired) electrons. The van der Waals surface area contributed by atoms with Gasteiger partial charge in [0.1, 0.15) is 12.1 Å². The molecule has 3 fully saturated rings. The molecule has 14 heteroatoms. The molecule has 9 rings (SSSR count). The van der Waals surface area contributed by atoms with Crippen LogP contribution in [0.15, 0.2) is 29.8 Å². The van der Waals surface area contributed by atoms with Gasteiger partial charge in [-0.3, -0.25) is 24.4 Å². The molecule has 0 spiro atoms. The van der Waals surface area contributed by atoms with Crippen molar-refractivity contribution >= 4 is 45.7 Å². The number of hydrogen-bond donors (Lipinski definition) is 3. The first-order chi connectivity index (χ1) is 28.4. The van der Waals surface area contributed by atoms with Gasteiger partial charge in [-0.25, -0.2) is 10.4 Å². The molecule has 1 aromatic carbocycles. The second kappa shape index (κ2) is 15.9. The van der Waals surface area contributed by atoms with Crippen molar-refractivity contribution in [3.05, 3.63) is 51.6 Å². The van der Waals surface area contributed by atoms with Gasteiger partial charge in [0.15, 0.2) is 0 Å². The molecule has 3 N–H and O–H groups in total. The third-order valence-corrected chi connectivity index (χ3v) is 14.4. The van der Waals surface area contributed by atoms with Crippen molar-refractivity contribution in [2.45, 2.75) is 97.9 Å². The van der Waals surface area contributed by atoms with E-state index in [-0.39, 0.29) is 54.7 Å². The van der Waals surface area contributed by atoms with Gasteiger partial charge in [-0.05, 0) is 80.2 Å². The van der Waals surface area contributed by atoms with Crippen molar-refractivity contribution in [1.82, 2.24) is 35.6 Å². The highest BCUT2D eigenvalue weighted by atomic mass is 32.1. The van der Waals surface area contributed by atoms with E-state index in [2.05, 4.69) is 83.7 Å². The number of carbonyl (C=O) groups excluding carboxylic acids is 3. The maximum atomic E-state index is 14.3. The number of fused-ring (bicyclic) bond motifs is 6. The largest absolute Gasteiger partial charge is 0.464 e. The summed E-state index contributed by atoms with van der Waals surface area (Å²) >= 11 is 1.52. The molecule has 13 nitrogen and oxygen atoms in total. The zero-order valence-corrected chi connectivity index (χ0v) is 36.0. The number of aromatic nitrogens is 3. The standard InChI is InChI=1S/C45H58N8O5S/c1-25-26(2)38(25)42(54)49-35-20-37-48-36(23-59-37)29-17-28-9-7-13-52-40(28)31(18-29)33(21-45(4,5)24-58-44(56)34-10-8-14-53(50-34)43(35)55)41(52)32-19-30(51-15-11-46-12-16-51)22-47-39(32)27(3)57-6/h17-19,22-23,25-27,34-35,38,46,50H,7-16,20-21,24H2,1-6H3,(H,49,54)/t25-,26+,27-,34-,35-,38?/m0/s1. The molecule has 1 unspecified atom stereocenters. The van der Waals surface area contributed by atoms with Crippen LogP contribution in [-0.4, -0.2) is 95.9 Å². The lowest BCUT2D eigenvalue weighted by molar-refractivity contribution is -0.155. The number of pyridine rings is 1. The Bertz CT molecular complexity index is 2270. The van der Waals surface area contributed by atoms with Gasteiger partial charge in [0, 0.05) is 86.0 Å². The van der Waals surface area contributed by atoms with Crippen LogP contribution in [0.2, 0.25) is 0 Å². The molecule has 2 saturated heterocycles. The third-order valence-electron chi connectivity index (χ3n) is 13.5. The van der Waals surface area contributed by atoms with Crippen molar-refractivity contribution in [3.8, 4) is 22.5 Å². The van der Waals surface area contributed by atoms with Crippen LogP contribution in [0.25, 0.3) is 33.4 Å². The van der Waals surface area contributed by atoms with Crippen molar-refractivity contribution in [3.63, 3.8) is 0 Å². The zero-order valence-electron chi connectivity index (χ0n) is 35.2. The van der Waals surface area contributed by atoms with E-state index < -0.39 is 17.5 Å². The number of esters is 1. The lowest BCUT2D eigenvalue weighted by atomic mass is 9.84. The van der Waals surface area contributed by atoms with Crippen LogP contribution < -0.4 is 21.0 Å². The molecular formula is C45H58N8O5S. The SMILES string of the molecule is CO[C@@H](C)c1ncc(N2CCNCC2)cc1-c1c2c3cc(cc4c3n1CCC4)-c1csc(n1)C[C@H](NC(=O)C1[C@@H](C)[C@H]1C)C(=O)N1CCC[C@H](N1)C(=O)OCC(C)(C)C2. The number of cyclic esters (lactones) is 1. The summed E-state index contributed by atoms with van der Waals surface area (Å²) in [6.07, 6.45) is 5.77. The Kier molecular flexibility index (Phi) is 10.8. The summed E-state index contributed by atoms with van der Waals surface area (Å²) in [6.45, 7) is 15.7. The Morgan fingerprint density at radius 2 is 1.88 bits per heavy atom. The fraction of sp³-hybridized carbons (Fsp3) is 0.578. The molecule has 1 aliphatic carbocycles. The lowest BCUT2D eigenvalue weighted by Gasteiger charge is -2.35. The predicted octanol–water partition coefficient (Wildman–Crippen LogP) is 5.44. The number of aryl methyl sites for hydroxylation is 2. The molecule has 5 aliphatic rings. The molecule has 7 heterocycles. The number of nitrogens with one attached hydrogen (secondary N) is 3. The van der Waals surface area contributed by atoms with E-state index in [1.54, 1.807) is 7.11 Å². The molecule has 4 aliphatic heterocycles. The summed E-state index contributed by atoms with van der Waals surface area (Å²) in [4.78, 5) is 54.3. The number of rotatable bonds is 6. The van der Waals surface area contributed by atoms with Gasteiger partial charge in [0.2, 0.25) is 5.91 Å². The van der Waals surface area contributed by atoms with Gasteiger partial charge < -0.3 is 29.6 Å². The maximum absolute atomic E-state index is 14.3. The number of nitrogens with zero attached hydrogens (tertiary/aromatic N) is 5. The highest BCUT2D eigenvalue weighted by Crippen LogP contribution is 2.47. The average Bonchev–Trinajstić information content (AvgIpc) is 3.50.